The molecule has 4 nitrogen and oxygen atoms in total. The van der Waals surface area contributed by atoms with Crippen molar-refractivity contribution in [2.75, 3.05) is 13.2 Å². The van der Waals surface area contributed by atoms with Crippen LogP contribution < -0.4 is 4.74 Å². The van der Waals surface area contributed by atoms with Gasteiger partial charge in [-0.3, -0.25) is 0 Å². The lowest BCUT2D eigenvalue weighted by molar-refractivity contribution is 0.0254. The van der Waals surface area contributed by atoms with Gasteiger partial charge in [0.05, 0.1) is 18.8 Å². The molecular formula is C12H13BrO4. The van der Waals surface area contributed by atoms with E-state index in [-0.39, 0.29) is 11.7 Å². The third-order valence-corrected chi connectivity index (χ3v) is 3.33. The second kappa shape index (κ2) is 5.51. The summed E-state index contributed by atoms with van der Waals surface area (Å²) < 4.78 is 11.5. The largest absolute Gasteiger partial charge is 0.490 e. The fourth-order valence-electron chi connectivity index (χ4n) is 1.73. The van der Waals surface area contributed by atoms with Crippen molar-refractivity contribution in [2.45, 2.75) is 18.9 Å². The van der Waals surface area contributed by atoms with E-state index in [1.165, 1.54) is 0 Å². The summed E-state index contributed by atoms with van der Waals surface area (Å²) in [7, 11) is 0. The van der Waals surface area contributed by atoms with Crippen molar-refractivity contribution in [2.24, 2.45) is 0 Å². The number of aromatic carboxylic acids is 1. The Morgan fingerprint density at radius 1 is 1.41 bits per heavy atom. The van der Waals surface area contributed by atoms with Gasteiger partial charge in [-0.2, -0.15) is 0 Å². The van der Waals surface area contributed by atoms with Crippen LogP contribution in [0.4, 0.5) is 0 Å². The Bertz CT molecular complexity index is 413. The zero-order chi connectivity index (χ0) is 12.3. The van der Waals surface area contributed by atoms with Gasteiger partial charge in [0.25, 0.3) is 0 Å². The van der Waals surface area contributed by atoms with Crippen molar-refractivity contribution >= 4 is 21.9 Å². The van der Waals surface area contributed by atoms with Gasteiger partial charge in [-0.15, -0.1) is 0 Å². The first kappa shape index (κ1) is 12.4. The average molecular weight is 301 g/mol. The number of halogens is 1. The topological polar surface area (TPSA) is 55.8 Å². The molecule has 0 unspecified atom stereocenters. The predicted octanol–water partition coefficient (Wildman–Crippen LogP) is 2.71. The molecule has 0 atom stereocenters. The molecule has 5 heteroatoms. The van der Waals surface area contributed by atoms with E-state index < -0.39 is 5.97 Å². The Morgan fingerprint density at radius 3 is 2.76 bits per heavy atom. The first-order chi connectivity index (χ1) is 8.16. The van der Waals surface area contributed by atoms with Crippen molar-refractivity contribution in [3.8, 4) is 5.75 Å². The standard InChI is InChI=1S/C12H13BrO4/c13-11-2-1-9(7-10(11)12(14)15)17-8-3-5-16-6-4-8/h1-2,7-8H,3-6H2,(H,14,15). The van der Waals surface area contributed by atoms with E-state index in [1.54, 1.807) is 18.2 Å². The second-order valence-electron chi connectivity index (χ2n) is 3.88. The summed E-state index contributed by atoms with van der Waals surface area (Å²) in [6, 6.07) is 5.01. The number of hydrogen-bond acceptors (Lipinski definition) is 3. The molecule has 0 aromatic heterocycles. The number of hydrogen-bond donors (Lipinski definition) is 1. The maximum Gasteiger partial charge on any atom is 0.336 e. The summed E-state index contributed by atoms with van der Waals surface area (Å²) in [5.74, 6) is -0.369. The highest BCUT2D eigenvalue weighted by Crippen LogP contribution is 2.24. The van der Waals surface area contributed by atoms with E-state index >= 15 is 0 Å². The smallest absolute Gasteiger partial charge is 0.336 e. The van der Waals surface area contributed by atoms with Gasteiger partial charge in [0.15, 0.2) is 0 Å². The summed E-state index contributed by atoms with van der Waals surface area (Å²) >= 11 is 3.20. The average Bonchev–Trinajstić information content (AvgIpc) is 2.32. The fraction of sp³-hybridized carbons (Fsp3) is 0.417. The minimum atomic E-state index is -0.964. The maximum absolute atomic E-state index is 11.0. The van der Waals surface area contributed by atoms with E-state index in [0.717, 1.165) is 12.8 Å². The van der Waals surface area contributed by atoms with E-state index in [1.807, 2.05) is 0 Å². The van der Waals surface area contributed by atoms with Crippen LogP contribution in [-0.2, 0) is 4.74 Å². The zero-order valence-corrected chi connectivity index (χ0v) is 10.8. The van der Waals surface area contributed by atoms with Gasteiger partial charge in [-0.1, -0.05) is 0 Å². The quantitative estimate of drug-likeness (QED) is 0.932. The predicted molar refractivity (Wildman–Crippen MR) is 65.6 cm³/mol. The van der Waals surface area contributed by atoms with Crippen LogP contribution in [0.15, 0.2) is 22.7 Å². The Balaban J connectivity index is 2.10. The minimum Gasteiger partial charge on any atom is -0.490 e. The second-order valence-corrected chi connectivity index (χ2v) is 4.73. The lowest BCUT2D eigenvalue weighted by Crippen LogP contribution is -2.25. The number of carboxylic acids is 1. The van der Waals surface area contributed by atoms with Crippen molar-refractivity contribution in [3.63, 3.8) is 0 Å². The summed E-state index contributed by atoms with van der Waals surface area (Å²) in [4.78, 5) is 11.0. The highest BCUT2D eigenvalue weighted by atomic mass is 79.9. The molecule has 1 aliphatic heterocycles. The van der Waals surface area contributed by atoms with E-state index in [0.29, 0.717) is 23.4 Å². The van der Waals surface area contributed by atoms with Gasteiger partial charge < -0.3 is 14.6 Å². The SMILES string of the molecule is O=C(O)c1cc(OC2CCOCC2)ccc1Br. The summed E-state index contributed by atoms with van der Waals surface area (Å²) in [6.07, 6.45) is 1.81. The Labute approximate surface area is 108 Å². The third kappa shape index (κ3) is 3.20. The van der Waals surface area contributed by atoms with Crippen LogP contribution in [0.5, 0.6) is 5.75 Å². The monoisotopic (exact) mass is 300 g/mol. The van der Waals surface area contributed by atoms with Crippen molar-refractivity contribution in [3.05, 3.63) is 28.2 Å². The van der Waals surface area contributed by atoms with Crippen LogP contribution in [0.2, 0.25) is 0 Å². The van der Waals surface area contributed by atoms with E-state index in [9.17, 15) is 4.79 Å². The lowest BCUT2D eigenvalue weighted by Gasteiger charge is -2.23. The van der Waals surface area contributed by atoms with Crippen LogP contribution in [0, 0.1) is 0 Å². The van der Waals surface area contributed by atoms with Gasteiger partial charge in [0.2, 0.25) is 0 Å². The Morgan fingerprint density at radius 2 is 2.12 bits per heavy atom. The zero-order valence-electron chi connectivity index (χ0n) is 9.19. The molecule has 0 spiro atoms. The molecule has 0 aliphatic carbocycles. The lowest BCUT2D eigenvalue weighted by atomic mass is 10.1. The van der Waals surface area contributed by atoms with Crippen LogP contribution in [-0.4, -0.2) is 30.4 Å². The molecule has 0 bridgehead atoms. The number of ether oxygens (including phenoxy) is 2. The van der Waals surface area contributed by atoms with Crippen LogP contribution in [0.25, 0.3) is 0 Å². The van der Waals surface area contributed by atoms with Gasteiger partial charge in [0.1, 0.15) is 11.9 Å². The van der Waals surface area contributed by atoms with Gasteiger partial charge in [0, 0.05) is 17.3 Å². The third-order valence-electron chi connectivity index (χ3n) is 2.64. The van der Waals surface area contributed by atoms with Gasteiger partial charge in [-0.05, 0) is 34.1 Å². The van der Waals surface area contributed by atoms with Crippen LogP contribution in [0.3, 0.4) is 0 Å². The molecule has 0 radical (unpaired) electrons. The first-order valence-corrected chi connectivity index (χ1v) is 6.23. The normalized spacial score (nSPS) is 16.8. The molecule has 1 aliphatic rings. The van der Waals surface area contributed by atoms with Crippen molar-refractivity contribution in [1.82, 2.24) is 0 Å². The minimum absolute atomic E-state index is 0.117. The van der Waals surface area contributed by atoms with Crippen molar-refractivity contribution in [1.29, 1.82) is 0 Å². The number of carbonyl (C=O) groups is 1. The number of carboxylic acid groups (broad SMARTS) is 1. The molecule has 1 N–H and O–H groups in total. The van der Waals surface area contributed by atoms with Crippen LogP contribution in [0.1, 0.15) is 23.2 Å². The Kier molecular flexibility index (Phi) is 4.02. The van der Waals surface area contributed by atoms with E-state index in [2.05, 4.69) is 15.9 Å². The molecule has 1 heterocycles. The van der Waals surface area contributed by atoms with Crippen molar-refractivity contribution < 1.29 is 19.4 Å². The van der Waals surface area contributed by atoms with Gasteiger partial charge >= 0.3 is 5.97 Å². The first-order valence-electron chi connectivity index (χ1n) is 5.44. The van der Waals surface area contributed by atoms with Crippen LogP contribution >= 0.6 is 15.9 Å². The molecule has 1 aromatic carbocycles. The molecule has 2 rings (SSSR count). The maximum atomic E-state index is 11.0. The molecule has 1 saturated heterocycles. The Hall–Kier alpha value is -1.07. The highest BCUT2D eigenvalue weighted by molar-refractivity contribution is 9.10. The molecule has 0 amide bonds. The summed E-state index contributed by atoms with van der Waals surface area (Å²) in [5, 5.41) is 8.99. The summed E-state index contributed by atoms with van der Waals surface area (Å²) in [5.41, 5.74) is 0.217. The fourth-order valence-corrected chi connectivity index (χ4v) is 2.14. The number of benzene rings is 1. The molecule has 17 heavy (non-hydrogen) atoms. The molecular weight excluding hydrogens is 288 g/mol. The number of rotatable bonds is 3. The van der Waals surface area contributed by atoms with E-state index in [4.69, 9.17) is 14.6 Å². The summed E-state index contributed by atoms with van der Waals surface area (Å²) in [6.45, 7) is 1.40. The molecule has 1 fully saturated rings. The van der Waals surface area contributed by atoms with Gasteiger partial charge in [-0.25, -0.2) is 4.79 Å². The molecule has 1 aromatic rings. The molecule has 92 valence electrons. The molecule has 0 saturated carbocycles. The highest BCUT2D eigenvalue weighted by Gasteiger charge is 2.16.